The fourth-order valence-electron chi connectivity index (χ4n) is 4.44. The van der Waals surface area contributed by atoms with Crippen molar-refractivity contribution >= 4 is 6.29 Å². The van der Waals surface area contributed by atoms with Gasteiger partial charge in [-0.15, -0.1) is 0 Å². The summed E-state index contributed by atoms with van der Waals surface area (Å²) in [6.07, 6.45) is 2.64. The Kier molecular flexibility index (Phi) is 4.44. The molecule has 8 atom stereocenters. The van der Waals surface area contributed by atoms with Crippen molar-refractivity contribution in [1.82, 2.24) is 0 Å². The lowest BCUT2D eigenvalue weighted by atomic mass is 9.76. The van der Waals surface area contributed by atoms with Crippen molar-refractivity contribution < 1.29 is 23.7 Å². The molecule has 0 spiro atoms. The normalized spacial score (nSPS) is 48.7. The first-order chi connectivity index (χ1) is 11.1. The number of rotatable bonds is 3. The van der Waals surface area contributed by atoms with Gasteiger partial charge in [-0.3, -0.25) is 4.79 Å². The summed E-state index contributed by atoms with van der Waals surface area (Å²) in [4.78, 5) is 11.0. The van der Waals surface area contributed by atoms with Gasteiger partial charge in [0, 0.05) is 17.8 Å². The van der Waals surface area contributed by atoms with E-state index in [0.717, 1.165) is 11.9 Å². The van der Waals surface area contributed by atoms with Gasteiger partial charge in [-0.1, -0.05) is 26.8 Å². The van der Waals surface area contributed by atoms with E-state index >= 15 is 0 Å². The number of allylic oxidation sites excluding steroid dienone is 1. The Balaban J connectivity index is 1.91. The summed E-state index contributed by atoms with van der Waals surface area (Å²) in [5, 5.41) is 0. The van der Waals surface area contributed by atoms with Crippen LogP contribution in [0.25, 0.3) is 0 Å². The molecule has 0 amide bonds. The maximum atomic E-state index is 11.0. The van der Waals surface area contributed by atoms with Crippen molar-refractivity contribution in [2.24, 2.45) is 17.8 Å². The zero-order valence-electron chi connectivity index (χ0n) is 15.7. The maximum absolute atomic E-state index is 11.0. The molecule has 0 aliphatic carbocycles. The van der Waals surface area contributed by atoms with Gasteiger partial charge in [0.2, 0.25) is 0 Å². The molecule has 3 rings (SSSR count). The van der Waals surface area contributed by atoms with Crippen molar-refractivity contribution in [3.8, 4) is 0 Å². The lowest BCUT2D eigenvalue weighted by Gasteiger charge is -2.56. The smallest absolute Gasteiger partial charge is 0.171 e. The Morgan fingerprint density at radius 1 is 1.00 bits per heavy atom. The second kappa shape index (κ2) is 5.90. The highest BCUT2D eigenvalue weighted by Gasteiger charge is 2.63. The average Bonchev–Trinajstić information content (AvgIpc) is 2.83. The molecule has 3 aliphatic heterocycles. The summed E-state index contributed by atoms with van der Waals surface area (Å²) in [5.74, 6) is -0.991. The Morgan fingerprint density at radius 3 is 2.25 bits per heavy atom. The summed E-state index contributed by atoms with van der Waals surface area (Å²) in [6, 6.07) is 0. The van der Waals surface area contributed by atoms with Crippen LogP contribution in [0.15, 0.2) is 11.6 Å². The maximum Gasteiger partial charge on any atom is 0.171 e. The second-order valence-electron chi connectivity index (χ2n) is 8.28. The first-order valence-electron chi connectivity index (χ1n) is 8.93. The topological polar surface area (TPSA) is 54.0 Å². The number of fused-ring (bicyclic) bond motifs is 4. The molecule has 0 unspecified atom stereocenters. The van der Waals surface area contributed by atoms with Gasteiger partial charge in [0.25, 0.3) is 0 Å². The number of hydrogen-bond acceptors (Lipinski definition) is 5. The Labute approximate surface area is 144 Å². The fourth-order valence-corrected chi connectivity index (χ4v) is 4.44. The summed E-state index contributed by atoms with van der Waals surface area (Å²) >= 11 is 0. The quantitative estimate of drug-likeness (QED) is 0.585. The molecular formula is C19H30O5. The van der Waals surface area contributed by atoms with E-state index in [9.17, 15) is 4.79 Å². The number of aldehydes is 1. The Hall–Kier alpha value is -0.750. The molecule has 2 bridgehead atoms. The first-order valence-corrected chi connectivity index (χ1v) is 8.93. The highest BCUT2D eigenvalue weighted by Crippen LogP contribution is 2.51. The van der Waals surface area contributed by atoms with Gasteiger partial charge in [-0.2, -0.15) is 0 Å². The van der Waals surface area contributed by atoms with Crippen LogP contribution < -0.4 is 0 Å². The predicted octanol–water partition coefficient (Wildman–Crippen LogP) is 3.07. The summed E-state index contributed by atoms with van der Waals surface area (Å²) < 4.78 is 25.1. The molecule has 5 nitrogen and oxygen atoms in total. The van der Waals surface area contributed by atoms with Crippen LogP contribution in [0.4, 0.5) is 0 Å². The number of carbonyl (C=O) groups excluding carboxylic acids is 1. The largest absolute Gasteiger partial charge is 0.346 e. The number of hydrogen-bond donors (Lipinski definition) is 0. The third-order valence-corrected chi connectivity index (χ3v) is 5.81. The van der Waals surface area contributed by atoms with Crippen LogP contribution >= 0.6 is 0 Å². The summed E-state index contributed by atoms with van der Waals surface area (Å²) in [6.45, 7) is 14.1. The first kappa shape index (κ1) is 18.1. The zero-order chi connectivity index (χ0) is 17.9. The molecule has 3 saturated heterocycles. The monoisotopic (exact) mass is 338 g/mol. The lowest BCUT2D eigenvalue weighted by molar-refractivity contribution is -0.390. The van der Waals surface area contributed by atoms with Crippen LogP contribution in [0.1, 0.15) is 48.5 Å². The van der Waals surface area contributed by atoms with E-state index in [1.165, 1.54) is 0 Å². The van der Waals surface area contributed by atoms with E-state index in [1.54, 1.807) is 0 Å². The molecule has 5 heteroatoms. The predicted molar refractivity (Wildman–Crippen MR) is 89.3 cm³/mol. The molecule has 24 heavy (non-hydrogen) atoms. The molecule has 3 aliphatic rings. The van der Waals surface area contributed by atoms with Gasteiger partial charge in [0.15, 0.2) is 11.6 Å². The number of ether oxygens (including phenoxy) is 4. The van der Waals surface area contributed by atoms with Crippen molar-refractivity contribution in [2.75, 3.05) is 0 Å². The summed E-state index contributed by atoms with van der Waals surface area (Å²) in [7, 11) is 0. The van der Waals surface area contributed by atoms with Crippen LogP contribution in [0, 0.1) is 17.8 Å². The lowest BCUT2D eigenvalue weighted by Crippen LogP contribution is -2.67. The minimum absolute atomic E-state index is 0.0284. The highest BCUT2D eigenvalue weighted by molar-refractivity contribution is 5.72. The van der Waals surface area contributed by atoms with Crippen molar-refractivity contribution in [3.05, 3.63) is 11.6 Å². The molecule has 0 radical (unpaired) electrons. The molecule has 0 aromatic heterocycles. The van der Waals surface area contributed by atoms with Gasteiger partial charge in [-0.25, -0.2) is 0 Å². The third kappa shape index (κ3) is 2.85. The van der Waals surface area contributed by atoms with Gasteiger partial charge >= 0.3 is 0 Å². The van der Waals surface area contributed by atoms with Crippen LogP contribution in [-0.2, 0) is 23.7 Å². The zero-order valence-corrected chi connectivity index (χ0v) is 15.7. The van der Waals surface area contributed by atoms with E-state index in [4.69, 9.17) is 18.9 Å². The van der Waals surface area contributed by atoms with E-state index in [2.05, 4.69) is 20.8 Å². The van der Waals surface area contributed by atoms with Gasteiger partial charge in [0.1, 0.15) is 12.4 Å². The SMILES string of the molecule is C/C(C=O)=C\[C@@H](C)[C@H]1O[C@@]2(C)O[C@@H]([C@@H]1C)[C@@H]1OC(C)(C)O[C@@H]1[C@@H]2C. The van der Waals surface area contributed by atoms with Crippen LogP contribution in [0.2, 0.25) is 0 Å². The minimum Gasteiger partial charge on any atom is -0.346 e. The molecule has 3 heterocycles. The van der Waals surface area contributed by atoms with Crippen molar-refractivity contribution in [1.29, 1.82) is 0 Å². The van der Waals surface area contributed by atoms with Crippen LogP contribution in [0.5, 0.6) is 0 Å². The van der Waals surface area contributed by atoms with Crippen LogP contribution in [0.3, 0.4) is 0 Å². The minimum atomic E-state index is -0.704. The molecular weight excluding hydrogens is 308 g/mol. The molecule has 0 saturated carbocycles. The Morgan fingerprint density at radius 2 is 1.62 bits per heavy atom. The van der Waals surface area contributed by atoms with Gasteiger partial charge in [0.05, 0.1) is 18.3 Å². The van der Waals surface area contributed by atoms with E-state index in [-0.39, 0.29) is 42.2 Å². The summed E-state index contributed by atoms with van der Waals surface area (Å²) in [5.41, 5.74) is 0.729. The van der Waals surface area contributed by atoms with Gasteiger partial charge in [-0.05, 0) is 33.3 Å². The molecule has 0 aromatic carbocycles. The fraction of sp³-hybridized carbons (Fsp3) is 0.842. The molecule has 136 valence electrons. The average molecular weight is 338 g/mol. The second-order valence-corrected chi connectivity index (χ2v) is 8.28. The molecule has 3 fully saturated rings. The van der Waals surface area contributed by atoms with Crippen LogP contribution in [-0.4, -0.2) is 42.3 Å². The van der Waals surface area contributed by atoms with Crippen molar-refractivity contribution in [3.63, 3.8) is 0 Å². The van der Waals surface area contributed by atoms with E-state index < -0.39 is 11.6 Å². The number of carbonyl (C=O) groups is 1. The van der Waals surface area contributed by atoms with Gasteiger partial charge < -0.3 is 18.9 Å². The van der Waals surface area contributed by atoms with E-state index in [0.29, 0.717) is 0 Å². The molecule has 0 N–H and O–H groups in total. The standard InChI is InChI=1S/C19H30O5/c1-10(9-20)8-11(2)14-12(3)15-17-16(21-18(5,6)22-17)13(4)19(7,23-14)24-15/h8-9,11-17H,1-7H3/b10-8+/t11-,12-,13+,14-,15+,16-,17+,19+/m1/s1. The third-order valence-electron chi connectivity index (χ3n) is 5.81. The Bertz CT molecular complexity index is 542. The molecule has 0 aromatic rings. The highest BCUT2D eigenvalue weighted by atomic mass is 16.8. The van der Waals surface area contributed by atoms with E-state index in [1.807, 2.05) is 33.8 Å². The van der Waals surface area contributed by atoms with Crippen molar-refractivity contribution in [2.45, 2.75) is 84.5 Å².